The van der Waals surface area contributed by atoms with Gasteiger partial charge in [-0.2, -0.15) is 0 Å². The number of ether oxygens (including phenoxy) is 1. The van der Waals surface area contributed by atoms with Crippen LogP contribution in [0, 0.1) is 11.2 Å². The van der Waals surface area contributed by atoms with Gasteiger partial charge < -0.3 is 10.1 Å². The van der Waals surface area contributed by atoms with Crippen molar-refractivity contribution in [2.75, 3.05) is 0 Å². The highest BCUT2D eigenvalue weighted by Gasteiger charge is 2.21. The van der Waals surface area contributed by atoms with Crippen LogP contribution in [0.2, 0.25) is 0 Å². The first kappa shape index (κ1) is 21.2. The molecule has 0 heterocycles. The van der Waals surface area contributed by atoms with E-state index >= 15 is 0 Å². The van der Waals surface area contributed by atoms with E-state index in [2.05, 4.69) is 17.4 Å². The number of alkyl carbamates (subject to hydrolysis) is 1. The summed E-state index contributed by atoms with van der Waals surface area (Å²) in [5.41, 5.74) is 5.44. The molecular weight excluding hydrogens is 379 g/mol. The maximum Gasteiger partial charge on any atom is 0.407 e. The molecule has 0 spiro atoms. The molecule has 0 unspecified atom stereocenters. The SMILES string of the molecule is CC(C)(C)OC(=O)NCc1ccc(F)cc1.N=C1c2ccccc2-c2ccccc21. The van der Waals surface area contributed by atoms with E-state index in [1.807, 2.05) is 36.4 Å². The van der Waals surface area contributed by atoms with Crippen molar-refractivity contribution in [3.8, 4) is 11.1 Å². The number of fused-ring (bicyclic) bond motifs is 3. The summed E-state index contributed by atoms with van der Waals surface area (Å²) in [6, 6.07) is 22.1. The lowest BCUT2D eigenvalue weighted by molar-refractivity contribution is 0.0523. The van der Waals surface area contributed by atoms with Crippen LogP contribution in [-0.2, 0) is 11.3 Å². The molecule has 3 aromatic carbocycles. The van der Waals surface area contributed by atoms with E-state index in [1.54, 1.807) is 32.9 Å². The van der Waals surface area contributed by atoms with Gasteiger partial charge in [-0.1, -0.05) is 60.7 Å². The van der Waals surface area contributed by atoms with Crippen LogP contribution in [0.1, 0.15) is 37.5 Å². The van der Waals surface area contributed by atoms with Gasteiger partial charge in [-0.3, -0.25) is 5.41 Å². The largest absolute Gasteiger partial charge is 0.444 e. The number of nitrogens with one attached hydrogen (secondary N) is 2. The van der Waals surface area contributed by atoms with Crippen LogP contribution >= 0.6 is 0 Å². The van der Waals surface area contributed by atoms with Crippen molar-refractivity contribution in [3.05, 3.63) is 95.3 Å². The van der Waals surface area contributed by atoms with Crippen LogP contribution in [0.4, 0.5) is 9.18 Å². The average molecular weight is 404 g/mol. The summed E-state index contributed by atoms with van der Waals surface area (Å²) < 4.78 is 17.7. The Morgan fingerprint density at radius 2 is 1.33 bits per heavy atom. The molecule has 1 amide bonds. The summed E-state index contributed by atoms with van der Waals surface area (Å²) in [4.78, 5) is 11.3. The molecule has 4 rings (SSSR count). The number of halogens is 1. The van der Waals surface area contributed by atoms with E-state index in [1.165, 1.54) is 23.3 Å². The molecule has 4 nitrogen and oxygen atoms in total. The highest BCUT2D eigenvalue weighted by Crippen LogP contribution is 2.35. The highest BCUT2D eigenvalue weighted by molar-refractivity contribution is 6.22. The highest BCUT2D eigenvalue weighted by atomic mass is 19.1. The Kier molecular flexibility index (Phi) is 6.31. The lowest BCUT2D eigenvalue weighted by Crippen LogP contribution is -2.32. The monoisotopic (exact) mass is 404 g/mol. The van der Waals surface area contributed by atoms with E-state index in [9.17, 15) is 9.18 Å². The Morgan fingerprint density at radius 1 is 0.867 bits per heavy atom. The third kappa shape index (κ3) is 5.32. The molecule has 1 aliphatic carbocycles. The van der Waals surface area contributed by atoms with Crippen molar-refractivity contribution >= 4 is 11.8 Å². The van der Waals surface area contributed by atoms with Crippen LogP contribution in [0.3, 0.4) is 0 Å². The summed E-state index contributed by atoms with van der Waals surface area (Å²) in [6.07, 6.45) is -0.475. The van der Waals surface area contributed by atoms with E-state index < -0.39 is 11.7 Å². The first-order valence-corrected chi connectivity index (χ1v) is 9.73. The number of carbonyl (C=O) groups is 1. The lowest BCUT2D eigenvalue weighted by Gasteiger charge is -2.19. The van der Waals surface area contributed by atoms with Crippen LogP contribution in [-0.4, -0.2) is 17.4 Å². The minimum atomic E-state index is -0.507. The van der Waals surface area contributed by atoms with Gasteiger partial charge in [0, 0.05) is 17.7 Å². The quantitative estimate of drug-likeness (QED) is 0.435. The van der Waals surface area contributed by atoms with Crippen molar-refractivity contribution in [1.29, 1.82) is 5.41 Å². The van der Waals surface area contributed by atoms with E-state index in [-0.39, 0.29) is 5.82 Å². The van der Waals surface area contributed by atoms with E-state index in [0.29, 0.717) is 12.3 Å². The fourth-order valence-electron chi connectivity index (χ4n) is 3.11. The number of hydrogen-bond acceptors (Lipinski definition) is 3. The molecule has 1 aliphatic rings. The van der Waals surface area contributed by atoms with Gasteiger partial charge in [0.2, 0.25) is 0 Å². The summed E-state index contributed by atoms with van der Waals surface area (Å²) in [7, 11) is 0. The first-order chi connectivity index (χ1) is 14.2. The second-order valence-electron chi connectivity index (χ2n) is 7.95. The summed E-state index contributed by atoms with van der Waals surface area (Å²) in [6.45, 7) is 5.72. The molecule has 0 saturated carbocycles. The van der Waals surface area contributed by atoms with Gasteiger partial charge in [-0.25, -0.2) is 9.18 Å². The Labute approximate surface area is 176 Å². The molecule has 0 radical (unpaired) electrons. The van der Waals surface area contributed by atoms with Crippen LogP contribution in [0.15, 0.2) is 72.8 Å². The van der Waals surface area contributed by atoms with Crippen LogP contribution < -0.4 is 5.32 Å². The second-order valence-corrected chi connectivity index (χ2v) is 7.95. The molecule has 0 fully saturated rings. The third-order valence-corrected chi connectivity index (χ3v) is 4.43. The normalized spacial score (nSPS) is 11.7. The second kappa shape index (κ2) is 8.91. The Hall–Kier alpha value is -3.47. The lowest BCUT2D eigenvalue weighted by atomic mass is 10.1. The smallest absolute Gasteiger partial charge is 0.407 e. The van der Waals surface area contributed by atoms with Crippen molar-refractivity contribution in [2.24, 2.45) is 0 Å². The van der Waals surface area contributed by atoms with Crippen molar-refractivity contribution in [2.45, 2.75) is 32.9 Å². The molecule has 154 valence electrons. The zero-order valence-corrected chi connectivity index (χ0v) is 17.3. The molecular formula is C25H25FN2O2. The van der Waals surface area contributed by atoms with Gasteiger partial charge in [-0.15, -0.1) is 0 Å². The van der Waals surface area contributed by atoms with Gasteiger partial charge >= 0.3 is 6.09 Å². The van der Waals surface area contributed by atoms with Gasteiger partial charge in [0.15, 0.2) is 0 Å². The zero-order chi connectivity index (χ0) is 21.7. The van der Waals surface area contributed by atoms with Gasteiger partial charge in [0.1, 0.15) is 11.4 Å². The summed E-state index contributed by atoms with van der Waals surface area (Å²) >= 11 is 0. The Bertz CT molecular complexity index is 1010. The molecule has 5 heteroatoms. The molecule has 0 atom stereocenters. The molecule has 2 N–H and O–H groups in total. The van der Waals surface area contributed by atoms with Crippen LogP contribution in [0.5, 0.6) is 0 Å². The zero-order valence-electron chi connectivity index (χ0n) is 17.3. The number of benzene rings is 3. The number of rotatable bonds is 2. The van der Waals surface area contributed by atoms with Gasteiger partial charge in [0.05, 0.1) is 5.71 Å². The predicted molar refractivity (Wildman–Crippen MR) is 117 cm³/mol. The maximum atomic E-state index is 12.6. The minimum Gasteiger partial charge on any atom is -0.444 e. The van der Waals surface area contributed by atoms with Crippen molar-refractivity contribution in [1.82, 2.24) is 5.32 Å². The Balaban J connectivity index is 0.000000171. The molecule has 0 bridgehead atoms. The van der Waals surface area contributed by atoms with Gasteiger partial charge in [0.25, 0.3) is 0 Å². The molecule has 0 aliphatic heterocycles. The molecule has 0 saturated heterocycles. The van der Waals surface area contributed by atoms with E-state index in [4.69, 9.17) is 10.1 Å². The minimum absolute atomic E-state index is 0.291. The summed E-state index contributed by atoms with van der Waals surface area (Å²) in [5, 5.41) is 10.6. The maximum absolute atomic E-state index is 12.6. The Morgan fingerprint density at radius 3 is 1.80 bits per heavy atom. The number of amides is 1. The topological polar surface area (TPSA) is 62.2 Å². The molecule has 30 heavy (non-hydrogen) atoms. The number of hydrogen-bond donors (Lipinski definition) is 2. The van der Waals surface area contributed by atoms with Crippen molar-refractivity contribution in [3.63, 3.8) is 0 Å². The fraction of sp³-hybridized carbons (Fsp3) is 0.200. The van der Waals surface area contributed by atoms with Crippen molar-refractivity contribution < 1.29 is 13.9 Å². The predicted octanol–water partition coefficient (Wildman–Crippen LogP) is 5.93. The molecule has 3 aromatic rings. The fourth-order valence-corrected chi connectivity index (χ4v) is 3.11. The number of carbonyl (C=O) groups excluding carboxylic acids is 1. The van der Waals surface area contributed by atoms with Crippen LogP contribution in [0.25, 0.3) is 11.1 Å². The first-order valence-electron chi connectivity index (χ1n) is 9.73. The van der Waals surface area contributed by atoms with E-state index in [0.717, 1.165) is 16.7 Å². The third-order valence-electron chi connectivity index (χ3n) is 4.43. The average Bonchev–Trinajstić information content (AvgIpc) is 3.00. The molecule has 0 aromatic heterocycles. The van der Waals surface area contributed by atoms with Gasteiger partial charge in [-0.05, 0) is 49.6 Å². The summed E-state index contributed by atoms with van der Waals surface area (Å²) in [5.74, 6) is -0.291. The standard InChI is InChI=1S/C13H9N.C12H16FNO2/c14-13-11-7-3-1-5-9(11)10-6-2-4-8-12(10)13;1-12(2,3)16-11(15)14-8-9-4-6-10(13)7-5-9/h1-8,14H;4-7H,8H2,1-3H3,(H,14,15).